The van der Waals surface area contributed by atoms with E-state index in [-0.39, 0.29) is 24.1 Å². The van der Waals surface area contributed by atoms with Crippen LogP contribution in [0.15, 0.2) is 59.5 Å². The summed E-state index contributed by atoms with van der Waals surface area (Å²) in [6, 6.07) is 15.1. The van der Waals surface area contributed by atoms with Crippen molar-refractivity contribution in [2.75, 3.05) is 11.1 Å². The molecule has 9 nitrogen and oxygen atoms in total. The molecule has 3 aromatic rings. The van der Waals surface area contributed by atoms with Crippen molar-refractivity contribution in [3.63, 3.8) is 0 Å². The van der Waals surface area contributed by atoms with E-state index in [0.29, 0.717) is 29.3 Å². The van der Waals surface area contributed by atoms with Gasteiger partial charge in [0.1, 0.15) is 18.1 Å². The number of nitrogens with one attached hydrogen (secondary N) is 3. The second kappa shape index (κ2) is 12.0. The number of nitrogens with two attached hydrogens (primary N) is 2. The van der Waals surface area contributed by atoms with Crippen molar-refractivity contribution >= 4 is 23.6 Å². The van der Waals surface area contributed by atoms with Crippen LogP contribution in [0.3, 0.4) is 0 Å². The van der Waals surface area contributed by atoms with Gasteiger partial charge in [-0.25, -0.2) is 4.98 Å². The molecular formula is C24H31N7O2. The highest BCUT2D eigenvalue weighted by atomic mass is 16.2. The number of hydrogen-bond acceptors (Lipinski definition) is 6. The monoisotopic (exact) mass is 449 g/mol. The molecule has 0 radical (unpaired) electrons. The van der Waals surface area contributed by atoms with Gasteiger partial charge in [-0.1, -0.05) is 42.0 Å². The van der Waals surface area contributed by atoms with Crippen molar-refractivity contribution in [2.45, 2.75) is 39.9 Å². The molecule has 1 amide bonds. The van der Waals surface area contributed by atoms with Gasteiger partial charge in [-0.15, -0.1) is 0 Å². The molecule has 33 heavy (non-hydrogen) atoms. The zero-order chi connectivity index (χ0) is 24.4. The standard InChI is InChI=1S/C23H27N5O2.CH4N2/c1-15(2)27-20-13-26-22(18-5-4-6-19(24)11-18)28(23(20)30)14-21(29)25-12-17-9-7-16(3)8-10-17;2-1-3/h4-11,13,15,27H,12,14,24H2,1-3H3,(H,25,29);1H,(H3,2,3). The minimum absolute atomic E-state index is 0.0570. The van der Waals surface area contributed by atoms with E-state index < -0.39 is 0 Å². The normalized spacial score (nSPS) is 10.2. The van der Waals surface area contributed by atoms with Crippen LogP contribution >= 0.6 is 0 Å². The number of aromatic nitrogens is 2. The predicted molar refractivity (Wildman–Crippen MR) is 133 cm³/mol. The molecule has 0 saturated heterocycles. The van der Waals surface area contributed by atoms with E-state index in [1.165, 1.54) is 10.8 Å². The number of hydrogen-bond donors (Lipinski definition) is 5. The van der Waals surface area contributed by atoms with Crippen molar-refractivity contribution < 1.29 is 4.79 Å². The number of carbonyl (C=O) groups excluding carboxylic acids is 1. The van der Waals surface area contributed by atoms with E-state index >= 15 is 0 Å². The molecule has 3 rings (SSSR count). The third kappa shape index (κ3) is 7.49. The third-order valence-corrected chi connectivity index (χ3v) is 4.55. The zero-order valence-electron chi connectivity index (χ0n) is 19.1. The molecule has 2 aromatic carbocycles. The van der Waals surface area contributed by atoms with Crippen LogP contribution in [0.2, 0.25) is 0 Å². The Morgan fingerprint density at radius 1 is 1.21 bits per heavy atom. The van der Waals surface area contributed by atoms with Crippen molar-refractivity contribution in [1.82, 2.24) is 14.9 Å². The number of nitrogens with zero attached hydrogens (tertiary/aromatic N) is 2. The fourth-order valence-electron chi connectivity index (χ4n) is 3.06. The zero-order valence-corrected chi connectivity index (χ0v) is 19.1. The van der Waals surface area contributed by atoms with Gasteiger partial charge in [-0.3, -0.25) is 19.6 Å². The van der Waals surface area contributed by atoms with Gasteiger partial charge in [-0.05, 0) is 38.5 Å². The molecule has 7 N–H and O–H groups in total. The number of amides is 1. The van der Waals surface area contributed by atoms with Crippen LogP contribution in [0.25, 0.3) is 11.4 Å². The van der Waals surface area contributed by atoms with Crippen molar-refractivity contribution in [1.29, 1.82) is 5.41 Å². The van der Waals surface area contributed by atoms with Crippen LogP contribution in [0.4, 0.5) is 11.4 Å². The number of benzene rings is 2. The van der Waals surface area contributed by atoms with Crippen molar-refractivity contribution in [2.24, 2.45) is 5.73 Å². The van der Waals surface area contributed by atoms with Crippen LogP contribution in [0, 0.1) is 12.3 Å². The quantitative estimate of drug-likeness (QED) is 0.212. The molecule has 0 atom stereocenters. The average molecular weight is 450 g/mol. The van der Waals surface area contributed by atoms with E-state index in [1.807, 2.05) is 51.1 Å². The first kappa shape index (κ1) is 25.1. The summed E-state index contributed by atoms with van der Waals surface area (Å²) in [6.07, 6.45) is 2.25. The minimum atomic E-state index is -0.304. The van der Waals surface area contributed by atoms with Gasteiger partial charge in [0.2, 0.25) is 5.91 Å². The van der Waals surface area contributed by atoms with Crippen LogP contribution in [0.5, 0.6) is 0 Å². The highest BCUT2D eigenvalue weighted by molar-refractivity contribution is 5.77. The lowest BCUT2D eigenvalue weighted by molar-refractivity contribution is -0.121. The van der Waals surface area contributed by atoms with Gasteiger partial charge in [0.25, 0.3) is 5.56 Å². The Morgan fingerprint density at radius 3 is 2.48 bits per heavy atom. The molecule has 1 aromatic heterocycles. The summed E-state index contributed by atoms with van der Waals surface area (Å²) in [5.41, 5.74) is 13.7. The van der Waals surface area contributed by atoms with E-state index in [2.05, 4.69) is 21.4 Å². The SMILES string of the molecule is Cc1ccc(CNC(=O)Cn2c(-c3cccc(N)c3)ncc(NC(C)C)c2=O)cc1.N=CN. The Morgan fingerprint density at radius 2 is 1.88 bits per heavy atom. The Kier molecular flexibility index (Phi) is 9.17. The molecule has 0 aliphatic carbocycles. The van der Waals surface area contributed by atoms with Gasteiger partial charge >= 0.3 is 0 Å². The molecule has 0 aliphatic rings. The Labute approximate surface area is 193 Å². The maximum Gasteiger partial charge on any atom is 0.277 e. The number of carbonyl (C=O) groups is 1. The molecule has 174 valence electrons. The van der Waals surface area contributed by atoms with Crippen LogP contribution in [0.1, 0.15) is 25.0 Å². The molecule has 0 bridgehead atoms. The molecule has 0 spiro atoms. The molecule has 0 unspecified atom stereocenters. The molecule has 1 heterocycles. The lowest BCUT2D eigenvalue weighted by atomic mass is 10.1. The second-order valence-corrected chi connectivity index (χ2v) is 7.74. The van der Waals surface area contributed by atoms with Crippen molar-refractivity contribution in [3.05, 3.63) is 76.2 Å². The average Bonchev–Trinajstić information content (AvgIpc) is 2.76. The summed E-state index contributed by atoms with van der Waals surface area (Å²) in [6.45, 7) is 6.12. The van der Waals surface area contributed by atoms with Crippen molar-refractivity contribution in [3.8, 4) is 11.4 Å². The van der Waals surface area contributed by atoms with Gasteiger partial charge < -0.3 is 22.1 Å². The summed E-state index contributed by atoms with van der Waals surface area (Å²) in [5.74, 6) is 0.124. The number of rotatable bonds is 7. The first-order valence-electron chi connectivity index (χ1n) is 10.5. The van der Waals surface area contributed by atoms with E-state index in [0.717, 1.165) is 17.5 Å². The summed E-state index contributed by atoms with van der Waals surface area (Å²) in [4.78, 5) is 30.2. The molecular weight excluding hydrogens is 418 g/mol. The van der Waals surface area contributed by atoms with Gasteiger partial charge in [-0.2, -0.15) is 0 Å². The topological polar surface area (TPSA) is 152 Å². The number of anilines is 2. The van der Waals surface area contributed by atoms with Crippen LogP contribution < -0.4 is 27.7 Å². The summed E-state index contributed by atoms with van der Waals surface area (Å²) >= 11 is 0. The summed E-state index contributed by atoms with van der Waals surface area (Å²) < 4.78 is 1.38. The number of aryl methyl sites for hydroxylation is 1. The van der Waals surface area contributed by atoms with Gasteiger partial charge in [0.15, 0.2) is 0 Å². The van der Waals surface area contributed by atoms with Gasteiger partial charge in [0.05, 0.1) is 12.5 Å². The Bertz CT molecular complexity index is 1140. The molecule has 0 saturated carbocycles. The second-order valence-electron chi connectivity index (χ2n) is 7.74. The fraction of sp³-hybridized carbons (Fsp3) is 0.250. The fourth-order valence-corrected chi connectivity index (χ4v) is 3.06. The highest BCUT2D eigenvalue weighted by Crippen LogP contribution is 2.19. The highest BCUT2D eigenvalue weighted by Gasteiger charge is 2.16. The van der Waals surface area contributed by atoms with E-state index in [9.17, 15) is 9.59 Å². The lowest BCUT2D eigenvalue weighted by Gasteiger charge is -2.16. The summed E-state index contributed by atoms with van der Waals surface area (Å²) in [5, 5.41) is 11.8. The van der Waals surface area contributed by atoms with E-state index in [4.69, 9.17) is 11.1 Å². The Balaban J connectivity index is 0.00000122. The maximum atomic E-state index is 13.1. The van der Waals surface area contributed by atoms with E-state index in [1.54, 1.807) is 18.2 Å². The van der Waals surface area contributed by atoms with Crippen LogP contribution in [-0.4, -0.2) is 27.8 Å². The third-order valence-electron chi connectivity index (χ3n) is 4.55. The maximum absolute atomic E-state index is 13.1. The molecule has 0 aliphatic heterocycles. The predicted octanol–water partition coefficient (Wildman–Crippen LogP) is 2.49. The lowest BCUT2D eigenvalue weighted by Crippen LogP contribution is -2.34. The molecule has 9 heteroatoms. The Hall–Kier alpha value is -4.14. The first-order chi connectivity index (χ1) is 15.7. The first-order valence-corrected chi connectivity index (χ1v) is 10.5. The largest absolute Gasteiger partial charge is 0.399 e. The van der Waals surface area contributed by atoms with Gasteiger partial charge in [0, 0.05) is 23.8 Å². The van der Waals surface area contributed by atoms with Crippen LogP contribution in [-0.2, 0) is 17.9 Å². The smallest absolute Gasteiger partial charge is 0.277 e. The number of nitrogen functional groups attached to an aromatic ring is 1. The summed E-state index contributed by atoms with van der Waals surface area (Å²) in [7, 11) is 0. The minimum Gasteiger partial charge on any atom is -0.399 e. The molecule has 0 fully saturated rings.